The molecule has 2 aromatic heterocycles. The third kappa shape index (κ3) is 5.28. The molecule has 0 aliphatic carbocycles. The highest BCUT2D eigenvalue weighted by Gasteiger charge is 2.49. The number of fused-ring (bicyclic) bond motifs is 2. The van der Waals surface area contributed by atoms with Crippen LogP contribution in [0, 0.1) is 19.8 Å². The largest absolute Gasteiger partial charge is 0.416 e. The van der Waals surface area contributed by atoms with Crippen molar-refractivity contribution in [1.82, 2.24) is 20.0 Å². The summed E-state index contributed by atoms with van der Waals surface area (Å²) in [5.74, 6) is -0.577. The van der Waals surface area contributed by atoms with Crippen molar-refractivity contribution in [2.24, 2.45) is 5.92 Å². The highest BCUT2D eigenvalue weighted by atomic mass is 19.4. The first-order valence-electron chi connectivity index (χ1n) is 14.7. The molecule has 2 amide bonds. The molecule has 3 aliphatic heterocycles. The normalized spacial score (nSPS) is 22.6. The molecule has 3 aliphatic rings. The molecule has 232 valence electrons. The lowest BCUT2D eigenvalue weighted by atomic mass is 9.95. The van der Waals surface area contributed by atoms with Gasteiger partial charge < -0.3 is 19.2 Å². The van der Waals surface area contributed by atoms with Crippen LogP contribution in [-0.2, 0) is 22.3 Å². The van der Waals surface area contributed by atoms with Gasteiger partial charge in [0.05, 0.1) is 29.5 Å². The Bertz CT molecular complexity index is 1620. The number of halogens is 3. The minimum Gasteiger partial charge on any atom is -0.367 e. The number of anilines is 3. The fraction of sp³-hybridized carbons (Fsp3) is 0.452. The number of hydrogen-bond acceptors (Lipinski definition) is 8. The molecule has 0 radical (unpaired) electrons. The first-order chi connectivity index (χ1) is 21.0. The summed E-state index contributed by atoms with van der Waals surface area (Å²) < 4.78 is 46.9. The van der Waals surface area contributed by atoms with E-state index < -0.39 is 35.5 Å². The van der Waals surface area contributed by atoms with E-state index in [1.807, 2.05) is 49.2 Å². The summed E-state index contributed by atoms with van der Waals surface area (Å²) in [5.41, 5.74) is 1.48. The Hall–Kier alpha value is -4.42. The van der Waals surface area contributed by atoms with Gasteiger partial charge >= 0.3 is 6.18 Å². The quantitative estimate of drug-likeness (QED) is 0.391. The lowest BCUT2D eigenvalue weighted by molar-refractivity contribution is -0.137. The third-order valence-electron chi connectivity index (χ3n) is 8.62. The zero-order chi connectivity index (χ0) is 31.3. The van der Waals surface area contributed by atoms with Crippen molar-refractivity contribution >= 4 is 29.0 Å². The first-order valence-corrected chi connectivity index (χ1v) is 14.7. The number of aryl methyl sites for hydroxylation is 2. The van der Waals surface area contributed by atoms with E-state index in [0.29, 0.717) is 17.4 Å². The second-order valence-electron chi connectivity index (χ2n) is 11.7. The number of likely N-dealkylation sites (tertiary alicyclic amines) is 1. The van der Waals surface area contributed by atoms with Crippen LogP contribution in [0.25, 0.3) is 0 Å². The van der Waals surface area contributed by atoms with Crippen LogP contribution in [0.4, 0.5) is 30.4 Å². The molecule has 3 aromatic rings. The molecule has 3 atom stereocenters. The van der Waals surface area contributed by atoms with Crippen LogP contribution >= 0.6 is 0 Å². The lowest BCUT2D eigenvalue weighted by Gasteiger charge is -2.39. The molecule has 2 fully saturated rings. The Morgan fingerprint density at radius 1 is 1.14 bits per heavy atom. The monoisotopic (exact) mass is 609 g/mol. The summed E-state index contributed by atoms with van der Waals surface area (Å²) in [6.07, 6.45) is 1.27. The molecule has 5 heterocycles. The number of allylic oxidation sites excluding steroid dienone is 1. The molecule has 0 N–H and O–H groups in total. The Morgan fingerprint density at radius 2 is 1.93 bits per heavy atom. The fourth-order valence-electron chi connectivity index (χ4n) is 6.71. The van der Waals surface area contributed by atoms with E-state index in [1.165, 1.54) is 11.8 Å². The van der Waals surface area contributed by atoms with Crippen LogP contribution < -0.4 is 14.7 Å². The highest BCUT2D eigenvalue weighted by Crippen LogP contribution is 2.42. The summed E-state index contributed by atoms with van der Waals surface area (Å²) in [6, 6.07) is 6.33. The molecule has 10 nitrogen and oxygen atoms in total. The number of aromatic nitrogens is 3. The van der Waals surface area contributed by atoms with E-state index in [9.17, 15) is 22.8 Å². The second kappa shape index (κ2) is 11.3. The topological polar surface area (TPSA) is 98.9 Å². The Balaban J connectivity index is 1.38. The first kappa shape index (κ1) is 29.6. The standard InChI is InChI=1S/C31H34F3N7O3/c1-5-11-39-12-7-10-23(39)29-36-25(44-37-29)17-40-16-20-14-26(42)41(24-15-21(31(32,33)34)13-19(3)35-24)28(20)30(43)38(4)22-9-6-8-18(2)27(22)40/h5-6,8-9,11,13,15,20,23,28H,7,10,12,14,16-17H2,1-4H3/t20-,23-,28+/m1/s1. The van der Waals surface area contributed by atoms with Gasteiger partial charge in [0.1, 0.15) is 11.9 Å². The van der Waals surface area contributed by atoms with E-state index in [-0.39, 0.29) is 37.1 Å². The Labute approximate surface area is 253 Å². The van der Waals surface area contributed by atoms with Gasteiger partial charge in [-0.15, -0.1) is 0 Å². The number of alkyl halides is 3. The Kier molecular flexibility index (Phi) is 7.58. The summed E-state index contributed by atoms with van der Waals surface area (Å²) in [4.78, 5) is 43.4. The average Bonchev–Trinajstić information content (AvgIpc) is 3.69. The number of rotatable bonds is 5. The lowest BCUT2D eigenvalue weighted by Crippen LogP contribution is -2.52. The van der Waals surface area contributed by atoms with Gasteiger partial charge in [0.15, 0.2) is 5.82 Å². The van der Waals surface area contributed by atoms with E-state index >= 15 is 0 Å². The van der Waals surface area contributed by atoms with E-state index in [4.69, 9.17) is 9.51 Å². The maximum atomic E-state index is 14.1. The van der Waals surface area contributed by atoms with Gasteiger partial charge in [-0.05, 0) is 63.6 Å². The number of amides is 2. The van der Waals surface area contributed by atoms with Gasteiger partial charge in [0.2, 0.25) is 17.7 Å². The van der Waals surface area contributed by atoms with Crippen molar-refractivity contribution in [3.8, 4) is 0 Å². The predicted molar refractivity (Wildman–Crippen MR) is 157 cm³/mol. The van der Waals surface area contributed by atoms with Gasteiger partial charge in [-0.25, -0.2) is 4.98 Å². The number of pyridine rings is 1. The highest BCUT2D eigenvalue weighted by molar-refractivity contribution is 6.10. The minimum atomic E-state index is -4.63. The van der Waals surface area contributed by atoms with Crippen LogP contribution in [0.15, 0.2) is 47.1 Å². The van der Waals surface area contributed by atoms with Crippen LogP contribution in [0.5, 0.6) is 0 Å². The Morgan fingerprint density at radius 3 is 2.68 bits per heavy atom. The molecule has 2 saturated heterocycles. The van der Waals surface area contributed by atoms with E-state index in [0.717, 1.165) is 47.7 Å². The van der Waals surface area contributed by atoms with Gasteiger partial charge in [-0.1, -0.05) is 23.4 Å². The maximum absolute atomic E-state index is 14.1. The van der Waals surface area contributed by atoms with Crippen molar-refractivity contribution in [2.45, 2.75) is 64.8 Å². The second-order valence-corrected chi connectivity index (χ2v) is 11.7. The number of carbonyl (C=O) groups is 2. The van der Waals surface area contributed by atoms with Gasteiger partial charge in [-0.2, -0.15) is 18.2 Å². The van der Waals surface area contributed by atoms with Gasteiger partial charge in [0.25, 0.3) is 0 Å². The summed E-state index contributed by atoms with van der Waals surface area (Å²) in [5, 5.41) is 4.29. The fourth-order valence-corrected chi connectivity index (χ4v) is 6.71. The minimum absolute atomic E-state index is 0.0163. The number of nitrogens with zero attached hydrogens (tertiary/aromatic N) is 7. The summed E-state index contributed by atoms with van der Waals surface area (Å²) in [7, 11) is 1.62. The summed E-state index contributed by atoms with van der Waals surface area (Å²) in [6.45, 7) is 6.73. The zero-order valence-electron chi connectivity index (χ0n) is 25.0. The summed E-state index contributed by atoms with van der Waals surface area (Å²) >= 11 is 0. The third-order valence-corrected chi connectivity index (χ3v) is 8.62. The van der Waals surface area contributed by atoms with E-state index in [2.05, 4.69) is 15.0 Å². The van der Waals surface area contributed by atoms with Crippen molar-refractivity contribution in [1.29, 1.82) is 0 Å². The number of hydrogen-bond donors (Lipinski definition) is 0. The van der Waals surface area contributed by atoms with Crippen LogP contribution in [0.3, 0.4) is 0 Å². The van der Waals surface area contributed by atoms with Crippen molar-refractivity contribution in [3.05, 3.63) is 71.1 Å². The van der Waals surface area contributed by atoms with Crippen molar-refractivity contribution in [3.63, 3.8) is 0 Å². The molecule has 6 rings (SSSR count). The SMILES string of the molecule is CC=CN1CCC[C@@H]1c1noc(CN2C[C@H]3CC(=O)N(c4cc(C(F)(F)F)cc(C)n4)[C@@H]3C(=O)N(C)c3cccc(C)c32)n1. The molecule has 0 saturated carbocycles. The maximum Gasteiger partial charge on any atom is 0.416 e. The van der Waals surface area contributed by atoms with E-state index in [1.54, 1.807) is 7.05 Å². The van der Waals surface area contributed by atoms with Crippen molar-refractivity contribution in [2.75, 3.05) is 34.8 Å². The molecule has 0 spiro atoms. The van der Waals surface area contributed by atoms with Gasteiger partial charge in [-0.3, -0.25) is 14.5 Å². The molecule has 44 heavy (non-hydrogen) atoms. The van der Waals surface area contributed by atoms with Crippen LogP contribution in [0.2, 0.25) is 0 Å². The zero-order valence-corrected chi connectivity index (χ0v) is 25.0. The molecule has 13 heteroatoms. The molecule has 0 bridgehead atoms. The average molecular weight is 610 g/mol. The molecule has 1 aromatic carbocycles. The number of para-hydroxylation sites is 1. The predicted octanol–water partition coefficient (Wildman–Crippen LogP) is 5.18. The van der Waals surface area contributed by atoms with Crippen LogP contribution in [0.1, 0.15) is 60.8 Å². The smallest absolute Gasteiger partial charge is 0.367 e. The van der Waals surface area contributed by atoms with Gasteiger partial charge in [0, 0.05) is 38.2 Å². The molecular weight excluding hydrogens is 575 g/mol. The molecule has 0 unspecified atom stereocenters. The number of likely N-dealkylation sites (N-methyl/N-ethyl adjacent to an activating group) is 1. The number of carbonyl (C=O) groups excluding carboxylic acids is 2. The number of benzene rings is 1. The van der Waals surface area contributed by atoms with Crippen molar-refractivity contribution < 1.29 is 27.3 Å². The molecular formula is C31H34F3N7O3. The van der Waals surface area contributed by atoms with Crippen LogP contribution in [-0.4, -0.2) is 58.0 Å².